The summed E-state index contributed by atoms with van der Waals surface area (Å²) < 4.78 is 16.9. The van der Waals surface area contributed by atoms with Crippen LogP contribution in [0.1, 0.15) is 290 Å². The molecular weight excluding hydrogens is 1020 g/mol. The molecule has 6 nitrogen and oxygen atoms in total. The molecule has 0 bridgehead atoms. The summed E-state index contributed by atoms with van der Waals surface area (Å²) in [6, 6.07) is 0. The number of carbonyl (C=O) groups excluding carboxylic acids is 3. The predicted octanol–water partition coefficient (Wildman–Crippen LogP) is 23.7. The highest BCUT2D eigenvalue weighted by Gasteiger charge is 2.19. The van der Waals surface area contributed by atoms with E-state index in [-0.39, 0.29) is 44.0 Å². The highest BCUT2D eigenvalue weighted by atomic mass is 16.6. The van der Waals surface area contributed by atoms with Gasteiger partial charge in [0.1, 0.15) is 13.2 Å². The maximum absolute atomic E-state index is 12.9. The molecule has 468 valence electrons. The summed E-state index contributed by atoms with van der Waals surface area (Å²) in [6.07, 6.45) is 101. The molecule has 0 aromatic rings. The number of ether oxygens (including phenoxy) is 3. The van der Waals surface area contributed by atoms with Crippen molar-refractivity contribution in [3.05, 3.63) is 158 Å². The van der Waals surface area contributed by atoms with Crippen LogP contribution in [0.3, 0.4) is 0 Å². The van der Waals surface area contributed by atoms with Crippen LogP contribution in [0.25, 0.3) is 0 Å². The third-order valence-electron chi connectivity index (χ3n) is 14.0. The average molecular weight is 1150 g/mol. The fourth-order valence-corrected chi connectivity index (χ4v) is 9.00. The van der Waals surface area contributed by atoms with E-state index in [4.69, 9.17) is 14.2 Å². The van der Waals surface area contributed by atoms with Crippen LogP contribution < -0.4 is 0 Å². The zero-order chi connectivity index (χ0) is 59.9. The van der Waals surface area contributed by atoms with Gasteiger partial charge in [-0.3, -0.25) is 14.4 Å². The van der Waals surface area contributed by atoms with E-state index in [0.717, 1.165) is 135 Å². The second-order valence-corrected chi connectivity index (χ2v) is 22.0. The van der Waals surface area contributed by atoms with Gasteiger partial charge in [0.15, 0.2) is 6.10 Å². The Morgan fingerprint density at radius 3 is 0.807 bits per heavy atom. The Kier molecular flexibility index (Phi) is 65.4. The van der Waals surface area contributed by atoms with Crippen molar-refractivity contribution in [3.63, 3.8) is 0 Å². The molecule has 0 rings (SSSR count). The third kappa shape index (κ3) is 67.7. The molecule has 0 amide bonds. The molecule has 0 saturated carbocycles. The molecule has 0 aromatic heterocycles. The molecule has 0 saturated heterocycles. The summed E-state index contributed by atoms with van der Waals surface area (Å²) in [5.74, 6) is -1.02. The summed E-state index contributed by atoms with van der Waals surface area (Å²) in [6.45, 7) is 6.33. The van der Waals surface area contributed by atoms with Gasteiger partial charge in [-0.15, -0.1) is 0 Å². The van der Waals surface area contributed by atoms with Crippen LogP contribution >= 0.6 is 0 Å². The van der Waals surface area contributed by atoms with Crippen LogP contribution in [-0.2, 0) is 28.6 Å². The number of rotatable bonds is 60. The van der Waals surface area contributed by atoms with E-state index in [9.17, 15) is 14.4 Å². The molecular formula is C77H124O6. The smallest absolute Gasteiger partial charge is 0.306 e. The first-order valence-electron chi connectivity index (χ1n) is 34.0. The highest BCUT2D eigenvalue weighted by Crippen LogP contribution is 2.15. The number of hydrogen-bond donors (Lipinski definition) is 0. The predicted molar refractivity (Wildman–Crippen MR) is 362 cm³/mol. The molecule has 0 aromatic carbocycles. The second kappa shape index (κ2) is 69.5. The Morgan fingerprint density at radius 1 is 0.253 bits per heavy atom. The van der Waals surface area contributed by atoms with Gasteiger partial charge in [-0.1, -0.05) is 294 Å². The molecule has 1 atom stereocenters. The van der Waals surface area contributed by atoms with Crippen LogP contribution in [-0.4, -0.2) is 37.2 Å². The molecule has 0 aliphatic carbocycles. The highest BCUT2D eigenvalue weighted by molar-refractivity contribution is 5.71. The number of unbranched alkanes of at least 4 members (excludes halogenated alkanes) is 23. The first-order chi connectivity index (χ1) is 41.0. The van der Waals surface area contributed by atoms with Crippen molar-refractivity contribution in [1.29, 1.82) is 0 Å². The molecule has 0 aliphatic heterocycles. The Bertz CT molecular complexity index is 1840. The van der Waals surface area contributed by atoms with Crippen LogP contribution in [0.4, 0.5) is 0 Å². The summed E-state index contributed by atoms with van der Waals surface area (Å²) in [7, 11) is 0. The van der Waals surface area contributed by atoms with E-state index in [1.807, 2.05) is 6.08 Å². The Balaban J connectivity index is 4.51. The van der Waals surface area contributed by atoms with Gasteiger partial charge in [-0.05, 0) is 135 Å². The van der Waals surface area contributed by atoms with E-state index in [1.54, 1.807) is 0 Å². The summed E-state index contributed by atoms with van der Waals surface area (Å²) in [5.41, 5.74) is 0. The normalized spacial score (nSPS) is 13.1. The van der Waals surface area contributed by atoms with Crippen LogP contribution in [0.2, 0.25) is 0 Å². The lowest BCUT2D eigenvalue weighted by Gasteiger charge is -2.18. The molecule has 0 heterocycles. The van der Waals surface area contributed by atoms with Crippen molar-refractivity contribution < 1.29 is 28.6 Å². The van der Waals surface area contributed by atoms with Crippen molar-refractivity contribution in [2.75, 3.05) is 13.2 Å². The SMILES string of the molecule is CC/C=C\C/C=C\C/C=C\C/C=C\C/C=C\C/C=C\CCC(=O)OCC(COC(=O)CCCCCCCCCCCCCCC/C=C\C/C=C\CCCCCCC)OC(=O)CCCCCCC/C=C\C/C=C\C/C=C\C/C=C\C/C=C\CC. The molecule has 1 unspecified atom stereocenters. The van der Waals surface area contributed by atoms with Crippen LogP contribution in [0.5, 0.6) is 0 Å². The zero-order valence-electron chi connectivity index (χ0n) is 53.7. The largest absolute Gasteiger partial charge is 0.462 e. The lowest BCUT2D eigenvalue weighted by molar-refractivity contribution is -0.166. The van der Waals surface area contributed by atoms with Crippen molar-refractivity contribution >= 4 is 17.9 Å². The Hall–Kier alpha value is -4.97. The standard InChI is InChI=1S/C77H124O6/c1-4-7-10-13-16-19-22-25-28-31-34-36-37-38-39-41-43-46-49-52-55-58-61-64-67-70-76(79)82-73-74(72-81-75(78)69-66-63-60-57-54-51-48-45-42-33-30-27-24-21-18-15-12-9-6-3)83-77(80)71-68-65-62-59-56-53-50-47-44-40-35-32-29-26-23-20-17-14-11-8-5-2/h8-9,11-12,17-18,20-22,25-27,29-31,34-35,40,42,45,47,50-51,54,60,63,74H,4-7,10,13-16,19,23-24,28,32-33,36-39,41,43-44,46,48-49,52-53,55-59,61-62,64-73H2,1-3H3/b11-8-,12-9-,20-17-,21-18-,25-22-,29-26-,30-27-,34-31-,40-35-,45-42-,50-47-,54-51-,63-60-. The van der Waals surface area contributed by atoms with Gasteiger partial charge in [0.05, 0.1) is 0 Å². The minimum absolute atomic E-state index is 0.115. The van der Waals surface area contributed by atoms with E-state index in [1.165, 1.54) is 109 Å². The minimum atomic E-state index is -0.829. The van der Waals surface area contributed by atoms with E-state index in [0.29, 0.717) is 12.8 Å². The molecule has 0 radical (unpaired) electrons. The quantitative estimate of drug-likeness (QED) is 0.0261. The van der Waals surface area contributed by atoms with Crippen LogP contribution in [0.15, 0.2) is 158 Å². The molecule has 0 aliphatic rings. The second-order valence-electron chi connectivity index (χ2n) is 22.0. The van der Waals surface area contributed by atoms with E-state index in [2.05, 4.69) is 173 Å². The van der Waals surface area contributed by atoms with Crippen molar-refractivity contribution in [2.24, 2.45) is 0 Å². The minimum Gasteiger partial charge on any atom is -0.462 e. The first kappa shape index (κ1) is 78.0. The van der Waals surface area contributed by atoms with Crippen molar-refractivity contribution in [2.45, 2.75) is 297 Å². The van der Waals surface area contributed by atoms with Gasteiger partial charge < -0.3 is 14.2 Å². The van der Waals surface area contributed by atoms with Gasteiger partial charge in [-0.2, -0.15) is 0 Å². The fourth-order valence-electron chi connectivity index (χ4n) is 9.00. The van der Waals surface area contributed by atoms with E-state index < -0.39 is 6.10 Å². The average Bonchev–Trinajstić information content (AvgIpc) is 3.49. The monoisotopic (exact) mass is 1140 g/mol. The van der Waals surface area contributed by atoms with Crippen molar-refractivity contribution in [1.82, 2.24) is 0 Å². The fraction of sp³-hybridized carbons (Fsp3) is 0.623. The molecule has 6 heteroatoms. The Labute approximate surface area is 511 Å². The van der Waals surface area contributed by atoms with E-state index >= 15 is 0 Å². The van der Waals surface area contributed by atoms with Crippen LogP contribution in [0, 0.1) is 0 Å². The van der Waals surface area contributed by atoms with Gasteiger partial charge in [0, 0.05) is 19.3 Å². The number of allylic oxidation sites excluding steroid dienone is 26. The molecule has 83 heavy (non-hydrogen) atoms. The summed E-state index contributed by atoms with van der Waals surface area (Å²) in [5, 5.41) is 0. The first-order valence-corrected chi connectivity index (χ1v) is 34.0. The summed E-state index contributed by atoms with van der Waals surface area (Å²) in [4.78, 5) is 38.4. The maximum atomic E-state index is 12.9. The number of carbonyl (C=O) groups is 3. The topological polar surface area (TPSA) is 78.9 Å². The third-order valence-corrected chi connectivity index (χ3v) is 14.0. The Morgan fingerprint density at radius 2 is 0.494 bits per heavy atom. The summed E-state index contributed by atoms with van der Waals surface area (Å²) >= 11 is 0. The van der Waals surface area contributed by atoms with Crippen molar-refractivity contribution in [3.8, 4) is 0 Å². The lowest BCUT2D eigenvalue weighted by atomic mass is 10.0. The lowest BCUT2D eigenvalue weighted by Crippen LogP contribution is -2.30. The number of esters is 3. The van der Waals surface area contributed by atoms with Gasteiger partial charge in [0.2, 0.25) is 0 Å². The zero-order valence-corrected chi connectivity index (χ0v) is 53.7. The molecule has 0 spiro atoms. The maximum Gasteiger partial charge on any atom is 0.306 e. The number of hydrogen-bond acceptors (Lipinski definition) is 6. The van der Waals surface area contributed by atoms with Gasteiger partial charge >= 0.3 is 17.9 Å². The van der Waals surface area contributed by atoms with Gasteiger partial charge in [0.25, 0.3) is 0 Å². The van der Waals surface area contributed by atoms with Gasteiger partial charge in [-0.25, -0.2) is 0 Å². The molecule has 0 N–H and O–H groups in total. The molecule has 0 fully saturated rings.